The number of rotatable bonds is 4. The molecule has 1 saturated heterocycles. The number of carbonyl (C=O) groups is 1. The number of amides is 1. The predicted molar refractivity (Wildman–Crippen MR) is 88.1 cm³/mol. The van der Waals surface area contributed by atoms with Gasteiger partial charge in [-0.05, 0) is 30.3 Å². The molecule has 1 fully saturated rings. The molecule has 4 nitrogen and oxygen atoms in total. The summed E-state index contributed by atoms with van der Waals surface area (Å²) in [6, 6.07) is 8.70. The fourth-order valence-corrected chi connectivity index (χ4v) is 3.47. The first-order chi connectivity index (χ1) is 11.0. The molecule has 0 bridgehead atoms. The quantitative estimate of drug-likeness (QED) is 0.882. The van der Waals surface area contributed by atoms with E-state index in [1.54, 1.807) is 6.07 Å². The summed E-state index contributed by atoms with van der Waals surface area (Å²) >= 11 is 5.72. The Morgan fingerprint density at radius 2 is 2.30 bits per heavy atom. The summed E-state index contributed by atoms with van der Waals surface area (Å²) in [6.45, 7) is 1.28. The maximum atomic E-state index is 13.8. The first-order valence-electron chi connectivity index (χ1n) is 7.75. The van der Waals surface area contributed by atoms with Gasteiger partial charge in [0.2, 0.25) is 0 Å². The third kappa shape index (κ3) is 3.57. The van der Waals surface area contributed by atoms with E-state index in [1.807, 2.05) is 19.3 Å². The third-order valence-electron chi connectivity index (χ3n) is 4.42. The second-order valence-electron chi connectivity index (χ2n) is 6.00. The number of aromatic nitrogens is 1. The predicted octanol–water partition coefficient (Wildman–Crippen LogP) is 2.18. The van der Waals surface area contributed by atoms with Crippen LogP contribution >= 0.6 is 11.6 Å². The number of aryl methyl sites for hydroxylation is 1. The van der Waals surface area contributed by atoms with Gasteiger partial charge < -0.3 is 14.8 Å². The molecule has 23 heavy (non-hydrogen) atoms. The molecule has 1 aliphatic rings. The van der Waals surface area contributed by atoms with Gasteiger partial charge in [-0.25, -0.2) is 4.39 Å². The Bertz CT molecular complexity index is 716. The summed E-state index contributed by atoms with van der Waals surface area (Å²) in [5.41, 5.74) is 1.41. The SMILES string of the molecule is Cn1cccc1[C@H]1CCC[NH+]1CC(=O)Nc1ccc(Cl)cc1F. The number of likely N-dealkylation sites (tertiary alicyclic amines) is 1. The van der Waals surface area contributed by atoms with Crippen LogP contribution in [-0.4, -0.2) is 23.6 Å². The second-order valence-corrected chi connectivity index (χ2v) is 6.43. The Morgan fingerprint density at radius 1 is 1.48 bits per heavy atom. The molecule has 2 atom stereocenters. The first-order valence-corrected chi connectivity index (χ1v) is 8.13. The lowest BCUT2D eigenvalue weighted by atomic mass is 10.1. The number of hydrogen-bond acceptors (Lipinski definition) is 1. The van der Waals surface area contributed by atoms with Crippen molar-refractivity contribution >= 4 is 23.2 Å². The van der Waals surface area contributed by atoms with Gasteiger partial charge in [-0.3, -0.25) is 4.79 Å². The lowest BCUT2D eigenvalue weighted by Gasteiger charge is -2.21. The van der Waals surface area contributed by atoms with Crippen LogP contribution in [-0.2, 0) is 11.8 Å². The Morgan fingerprint density at radius 3 is 3.00 bits per heavy atom. The fraction of sp³-hybridized carbons (Fsp3) is 0.353. The van der Waals surface area contributed by atoms with Crippen LogP contribution in [0.3, 0.4) is 0 Å². The van der Waals surface area contributed by atoms with Crippen LogP contribution in [0.2, 0.25) is 5.02 Å². The van der Waals surface area contributed by atoms with E-state index >= 15 is 0 Å². The summed E-state index contributed by atoms with van der Waals surface area (Å²) in [7, 11) is 2.02. The number of carbonyl (C=O) groups excluding carboxylic acids is 1. The maximum Gasteiger partial charge on any atom is 0.279 e. The average molecular weight is 337 g/mol. The standard InChI is InChI=1S/C17H19ClFN3O/c1-21-8-2-4-15(21)16-5-3-9-22(16)11-17(23)20-14-7-6-12(18)10-13(14)19/h2,4,6-8,10,16H,3,5,9,11H2,1H3,(H,20,23)/p+1/t16-/m1/s1. The highest BCUT2D eigenvalue weighted by Crippen LogP contribution is 2.20. The Labute approximate surface area is 139 Å². The number of hydrogen-bond donors (Lipinski definition) is 2. The van der Waals surface area contributed by atoms with E-state index in [-0.39, 0.29) is 11.6 Å². The van der Waals surface area contributed by atoms with E-state index in [4.69, 9.17) is 11.6 Å². The van der Waals surface area contributed by atoms with Crippen molar-refractivity contribution in [3.8, 4) is 0 Å². The van der Waals surface area contributed by atoms with Gasteiger partial charge in [-0.1, -0.05) is 11.6 Å². The molecule has 1 aromatic carbocycles. The molecule has 0 aliphatic carbocycles. The van der Waals surface area contributed by atoms with Crippen molar-refractivity contribution in [3.05, 3.63) is 53.1 Å². The molecule has 0 saturated carbocycles. The van der Waals surface area contributed by atoms with Crippen molar-refractivity contribution in [1.82, 2.24) is 4.57 Å². The summed E-state index contributed by atoms with van der Waals surface area (Å²) in [5, 5.41) is 2.96. The summed E-state index contributed by atoms with van der Waals surface area (Å²) < 4.78 is 15.9. The maximum absolute atomic E-state index is 13.8. The number of quaternary nitrogens is 1. The molecule has 2 heterocycles. The van der Waals surface area contributed by atoms with Crippen molar-refractivity contribution in [2.45, 2.75) is 18.9 Å². The zero-order valence-electron chi connectivity index (χ0n) is 13.0. The van der Waals surface area contributed by atoms with E-state index in [0.717, 1.165) is 19.4 Å². The molecular weight excluding hydrogens is 317 g/mol. The van der Waals surface area contributed by atoms with E-state index in [2.05, 4.69) is 16.0 Å². The zero-order chi connectivity index (χ0) is 16.4. The molecule has 1 unspecified atom stereocenters. The van der Waals surface area contributed by atoms with E-state index in [0.29, 0.717) is 17.6 Å². The summed E-state index contributed by atoms with van der Waals surface area (Å²) in [4.78, 5) is 13.5. The van der Waals surface area contributed by atoms with E-state index < -0.39 is 5.82 Å². The van der Waals surface area contributed by atoms with Gasteiger partial charge in [0.1, 0.15) is 11.9 Å². The largest absolute Gasteiger partial charge is 0.350 e. The highest BCUT2D eigenvalue weighted by Gasteiger charge is 2.33. The molecule has 2 aromatic rings. The monoisotopic (exact) mass is 336 g/mol. The Hall–Kier alpha value is -1.85. The van der Waals surface area contributed by atoms with Gasteiger partial charge in [-0.2, -0.15) is 0 Å². The minimum atomic E-state index is -0.513. The molecule has 1 aliphatic heterocycles. The number of benzene rings is 1. The van der Waals surface area contributed by atoms with Gasteiger partial charge in [0, 0.05) is 31.1 Å². The smallest absolute Gasteiger partial charge is 0.279 e. The van der Waals surface area contributed by atoms with Crippen molar-refractivity contribution in [2.24, 2.45) is 7.05 Å². The number of nitrogens with one attached hydrogen (secondary N) is 2. The molecule has 1 aromatic heterocycles. The molecule has 6 heteroatoms. The van der Waals surface area contributed by atoms with Crippen molar-refractivity contribution in [1.29, 1.82) is 0 Å². The molecule has 122 valence electrons. The van der Waals surface area contributed by atoms with Crippen LogP contribution in [0.5, 0.6) is 0 Å². The second kappa shape index (κ2) is 6.72. The van der Waals surface area contributed by atoms with Crippen LogP contribution in [0.25, 0.3) is 0 Å². The van der Waals surface area contributed by atoms with Crippen LogP contribution in [0.1, 0.15) is 24.6 Å². The molecule has 0 spiro atoms. The molecule has 1 amide bonds. The van der Waals surface area contributed by atoms with Gasteiger partial charge in [0.15, 0.2) is 6.54 Å². The summed E-state index contributed by atoms with van der Waals surface area (Å²) in [6.07, 6.45) is 4.18. The minimum Gasteiger partial charge on any atom is -0.350 e. The van der Waals surface area contributed by atoms with Gasteiger partial charge >= 0.3 is 0 Å². The van der Waals surface area contributed by atoms with Crippen molar-refractivity contribution < 1.29 is 14.1 Å². The molecule has 2 N–H and O–H groups in total. The van der Waals surface area contributed by atoms with Crippen LogP contribution in [0, 0.1) is 5.82 Å². The Balaban J connectivity index is 1.66. The minimum absolute atomic E-state index is 0.174. The number of halogens is 2. The highest BCUT2D eigenvalue weighted by molar-refractivity contribution is 6.30. The van der Waals surface area contributed by atoms with Gasteiger partial charge in [-0.15, -0.1) is 0 Å². The van der Waals surface area contributed by atoms with Crippen LogP contribution in [0.4, 0.5) is 10.1 Å². The third-order valence-corrected chi connectivity index (χ3v) is 4.65. The normalized spacial score (nSPS) is 20.7. The van der Waals surface area contributed by atoms with Crippen molar-refractivity contribution in [2.75, 3.05) is 18.4 Å². The lowest BCUT2D eigenvalue weighted by Crippen LogP contribution is -3.11. The number of anilines is 1. The Kier molecular flexibility index (Phi) is 4.68. The zero-order valence-corrected chi connectivity index (χ0v) is 13.7. The van der Waals surface area contributed by atoms with E-state index in [1.165, 1.54) is 22.7 Å². The van der Waals surface area contributed by atoms with Gasteiger partial charge in [0.05, 0.1) is 17.9 Å². The van der Waals surface area contributed by atoms with Crippen LogP contribution < -0.4 is 10.2 Å². The average Bonchev–Trinajstić information content (AvgIpc) is 3.10. The lowest BCUT2D eigenvalue weighted by molar-refractivity contribution is -0.910. The molecule has 0 radical (unpaired) electrons. The molecule has 3 rings (SSSR count). The van der Waals surface area contributed by atoms with Crippen molar-refractivity contribution in [3.63, 3.8) is 0 Å². The number of nitrogens with zero attached hydrogens (tertiary/aromatic N) is 1. The topological polar surface area (TPSA) is 38.5 Å². The molecular formula is C17H20ClFN3O+. The highest BCUT2D eigenvalue weighted by atomic mass is 35.5. The van der Waals surface area contributed by atoms with Crippen LogP contribution in [0.15, 0.2) is 36.5 Å². The first kappa shape index (κ1) is 16.0. The van der Waals surface area contributed by atoms with E-state index in [9.17, 15) is 9.18 Å². The van der Waals surface area contributed by atoms with Gasteiger partial charge in [0.25, 0.3) is 5.91 Å². The summed E-state index contributed by atoms with van der Waals surface area (Å²) in [5.74, 6) is -0.691. The fourth-order valence-electron chi connectivity index (χ4n) is 3.31.